The zero-order chi connectivity index (χ0) is 16.0. The molecule has 2 N–H and O–H groups in total. The number of hydrogen-bond donors (Lipinski definition) is 2. The minimum Gasteiger partial charge on any atom is -0.481 e. The van der Waals surface area contributed by atoms with Gasteiger partial charge >= 0.3 is 12.0 Å². The fourth-order valence-electron chi connectivity index (χ4n) is 1.76. The molecule has 0 heterocycles. The van der Waals surface area contributed by atoms with E-state index in [1.807, 2.05) is 0 Å². The van der Waals surface area contributed by atoms with E-state index in [1.165, 1.54) is 4.90 Å². The smallest absolute Gasteiger partial charge is 0.317 e. The molecule has 1 aromatic rings. The minimum absolute atomic E-state index is 0.0327. The van der Waals surface area contributed by atoms with Crippen LogP contribution in [0.25, 0.3) is 0 Å². The van der Waals surface area contributed by atoms with Crippen molar-refractivity contribution in [2.45, 2.75) is 32.9 Å². The highest BCUT2D eigenvalue weighted by molar-refractivity contribution is 5.75. The molecule has 1 rings (SSSR count). The normalized spacial score (nSPS) is 10.5. The van der Waals surface area contributed by atoms with Crippen molar-refractivity contribution in [3.63, 3.8) is 0 Å². The number of halogens is 2. The van der Waals surface area contributed by atoms with E-state index in [9.17, 15) is 18.4 Å². The summed E-state index contributed by atoms with van der Waals surface area (Å²) in [5, 5.41) is 11.1. The number of hydrogen-bond acceptors (Lipinski definition) is 2. The van der Waals surface area contributed by atoms with Crippen molar-refractivity contribution >= 4 is 12.0 Å². The number of carbonyl (C=O) groups is 2. The summed E-state index contributed by atoms with van der Waals surface area (Å²) in [6, 6.07) is 2.26. The molecular formula is C14H18F2N2O3. The first-order chi connectivity index (χ1) is 9.81. The van der Waals surface area contributed by atoms with Gasteiger partial charge in [-0.1, -0.05) is 0 Å². The summed E-state index contributed by atoms with van der Waals surface area (Å²) in [6.07, 6.45) is -0.181. The second-order valence-electron chi connectivity index (χ2n) is 4.83. The quantitative estimate of drug-likeness (QED) is 0.847. The Morgan fingerprint density at radius 3 is 2.57 bits per heavy atom. The maximum absolute atomic E-state index is 13.4. The van der Waals surface area contributed by atoms with E-state index in [4.69, 9.17) is 5.11 Å². The van der Waals surface area contributed by atoms with Crippen LogP contribution in [0.3, 0.4) is 0 Å². The molecular weight excluding hydrogens is 282 g/mol. The minimum atomic E-state index is -1.01. The number of carboxylic acids is 1. The molecule has 0 radical (unpaired) electrons. The summed E-state index contributed by atoms with van der Waals surface area (Å²) in [6.45, 7) is 3.36. The number of urea groups is 1. The molecule has 0 fully saturated rings. The molecule has 0 bridgehead atoms. The number of amides is 2. The fourth-order valence-corrected chi connectivity index (χ4v) is 1.76. The molecule has 0 aliphatic rings. The molecule has 1 aromatic carbocycles. The van der Waals surface area contributed by atoms with Gasteiger partial charge in [-0.3, -0.25) is 4.79 Å². The van der Waals surface area contributed by atoms with Crippen LogP contribution in [0.4, 0.5) is 13.6 Å². The van der Waals surface area contributed by atoms with E-state index >= 15 is 0 Å². The SMILES string of the molecule is CC(C)N(CCC(=O)O)C(=O)NCc1cc(F)ccc1F. The van der Waals surface area contributed by atoms with Crippen LogP contribution >= 0.6 is 0 Å². The summed E-state index contributed by atoms with van der Waals surface area (Å²) >= 11 is 0. The summed E-state index contributed by atoms with van der Waals surface area (Å²) < 4.78 is 26.4. The molecule has 0 spiro atoms. The van der Waals surface area contributed by atoms with Gasteiger partial charge in [0.05, 0.1) is 6.42 Å². The topological polar surface area (TPSA) is 69.6 Å². The van der Waals surface area contributed by atoms with Crippen molar-refractivity contribution in [1.82, 2.24) is 10.2 Å². The van der Waals surface area contributed by atoms with Crippen molar-refractivity contribution in [1.29, 1.82) is 0 Å². The van der Waals surface area contributed by atoms with E-state index in [2.05, 4.69) is 5.32 Å². The van der Waals surface area contributed by atoms with Gasteiger partial charge in [-0.2, -0.15) is 0 Å². The van der Waals surface area contributed by atoms with Crippen molar-refractivity contribution in [2.75, 3.05) is 6.54 Å². The van der Waals surface area contributed by atoms with Gasteiger partial charge in [0, 0.05) is 24.7 Å². The van der Waals surface area contributed by atoms with E-state index < -0.39 is 23.6 Å². The number of aliphatic carboxylic acids is 1. The van der Waals surface area contributed by atoms with Crippen molar-refractivity contribution in [2.24, 2.45) is 0 Å². The van der Waals surface area contributed by atoms with Crippen LogP contribution in [0.5, 0.6) is 0 Å². The lowest BCUT2D eigenvalue weighted by molar-refractivity contribution is -0.137. The third-order valence-electron chi connectivity index (χ3n) is 2.89. The Bertz CT molecular complexity index is 521. The lowest BCUT2D eigenvalue weighted by Gasteiger charge is -2.26. The molecule has 5 nitrogen and oxygen atoms in total. The van der Waals surface area contributed by atoms with Gasteiger partial charge in [-0.05, 0) is 32.0 Å². The van der Waals surface area contributed by atoms with Crippen LogP contribution in [-0.4, -0.2) is 34.6 Å². The first kappa shape index (κ1) is 16.9. The molecule has 0 aliphatic heterocycles. The average Bonchev–Trinajstić information content (AvgIpc) is 2.39. The summed E-state index contributed by atoms with van der Waals surface area (Å²) in [5.74, 6) is -2.21. The summed E-state index contributed by atoms with van der Waals surface area (Å²) in [5.41, 5.74) is 0.0327. The first-order valence-electron chi connectivity index (χ1n) is 6.51. The van der Waals surface area contributed by atoms with Crippen LogP contribution in [-0.2, 0) is 11.3 Å². The van der Waals surface area contributed by atoms with Crippen molar-refractivity contribution in [3.8, 4) is 0 Å². The predicted octanol–water partition coefficient (Wildman–Crippen LogP) is 2.36. The number of carboxylic acid groups (broad SMARTS) is 1. The predicted molar refractivity (Wildman–Crippen MR) is 72.7 cm³/mol. The van der Waals surface area contributed by atoms with Crippen LogP contribution in [0, 0.1) is 11.6 Å². The second kappa shape index (κ2) is 7.56. The molecule has 2 amide bonds. The number of nitrogens with zero attached hydrogens (tertiary/aromatic N) is 1. The van der Waals surface area contributed by atoms with Gasteiger partial charge in [0.25, 0.3) is 0 Å². The lowest BCUT2D eigenvalue weighted by atomic mass is 10.2. The van der Waals surface area contributed by atoms with Gasteiger partial charge in [0.1, 0.15) is 11.6 Å². The highest BCUT2D eigenvalue weighted by Gasteiger charge is 2.18. The molecule has 0 aliphatic carbocycles. The molecule has 0 saturated carbocycles. The molecule has 0 unspecified atom stereocenters. The number of carbonyl (C=O) groups excluding carboxylic acids is 1. The first-order valence-corrected chi connectivity index (χ1v) is 6.51. The molecule has 0 atom stereocenters. The number of rotatable bonds is 6. The van der Waals surface area contributed by atoms with Gasteiger partial charge in [-0.15, -0.1) is 0 Å². The maximum atomic E-state index is 13.4. The molecule has 116 valence electrons. The van der Waals surface area contributed by atoms with Crippen LogP contribution in [0.2, 0.25) is 0 Å². The third-order valence-corrected chi connectivity index (χ3v) is 2.89. The maximum Gasteiger partial charge on any atom is 0.317 e. The molecule has 0 aromatic heterocycles. The van der Waals surface area contributed by atoms with E-state index in [-0.39, 0.29) is 31.1 Å². The van der Waals surface area contributed by atoms with Crippen LogP contribution in [0.1, 0.15) is 25.8 Å². The Morgan fingerprint density at radius 2 is 2.00 bits per heavy atom. The standard InChI is InChI=1S/C14H18F2N2O3/c1-9(2)18(6-5-13(19)20)14(21)17-8-10-7-11(15)3-4-12(10)16/h3-4,7,9H,5-6,8H2,1-2H3,(H,17,21)(H,19,20). The summed E-state index contributed by atoms with van der Waals surface area (Å²) in [7, 11) is 0. The fraction of sp³-hybridized carbons (Fsp3) is 0.429. The van der Waals surface area contributed by atoms with Crippen molar-refractivity contribution < 1.29 is 23.5 Å². The van der Waals surface area contributed by atoms with Crippen molar-refractivity contribution in [3.05, 3.63) is 35.4 Å². The van der Waals surface area contributed by atoms with E-state index in [1.54, 1.807) is 13.8 Å². The highest BCUT2D eigenvalue weighted by Crippen LogP contribution is 2.10. The summed E-state index contributed by atoms with van der Waals surface area (Å²) in [4.78, 5) is 23.9. The Labute approximate surface area is 121 Å². The third kappa shape index (κ3) is 5.37. The van der Waals surface area contributed by atoms with Gasteiger partial charge in [-0.25, -0.2) is 13.6 Å². The van der Waals surface area contributed by atoms with Gasteiger partial charge in [0.2, 0.25) is 0 Å². The van der Waals surface area contributed by atoms with Gasteiger partial charge < -0.3 is 15.3 Å². The van der Waals surface area contributed by atoms with E-state index in [0.717, 1.165) is 18.2 Å². The number of nitrogens with one attached hydrogen (secondary N) is 1. The largest absolute Gasteiger partial charge is 0.481 e. The average molecular weight is 300 g/mol. The molecule has 7 heteroatoms. The van der Waals surface area contributed by atoms with E-state index in [0.29, 0.717) is 0 Å². The Kier molecular flexibility index (Phi) is 6.08. The Balaban J connectivity index is 2.65. The molecule has 0 saturated heterocycles. The molecule has 21 heavy (non-hydrogen) atoms. The lowest BCUT2D eigenvalue weighted by Crippen LogP contribution is -2.44. The van der Waals surface area contributed by atoms with Crippen LogP contribution in [0.15, 0.2) is 18.2 Å². The zero-order valence-corrected chi connectivity index (χ0v) is 11.9. The van der Waals surface area contributed by atoms with Gasteiger partial charge in [0.15, 0.2) is 0 Å². The number of benzene rings is 1. The monoisotopic (exact) mass is 300 g/mol. The van der Waals surface area contributed by atoms with Crippen LogP contribution < -0.4 is 5.32 Å². The Hall–Kier alpha value is -2.18. The Morgan fingerprint density at radius 1 is 1.33 bits per heavy atom. The highest BCUT2D eigenvalue weighted by atomic mass is 19.1. The zero-order valence-electron chi connectivity index (χ0n) is 11.9. The second-order valence-corrected chi connectivity index (χ2v) is 4.83.